The number of hydrogen-bond donors (Lipinski definition) is 4. The molecule has 0 saturated carbocycles. The Bertz CT molecular complexity index is 1180. The van der Waals surface area contributed by atoms with Crippen LogP contribution in [0.25, 0.3) is 0 Å². The highest BCUT2D eigenvalue weighted by Crippen LogP contribution is 2.35. The van der Waals surface area contributed by atoms with Crippen LogP contribution < -0.4 is 21.3 Å². The van der Waals surface area contributed by atoms with Crippen LogP contribution in [0.15, 0.2) is 24.3 Å². The Balaban J connectivity index is 1.89. The van der Waals surface area contributed by atoms with Crippen molar-refractivity contribution in [3.8, 4) is 6.07 Å². The third-order valence-electron chi connectivity index (χ3n) is 6.83. The Labute approximate surface area is 203 Å². The summed E-state index contributed by atoms with van der Waals surface area (Å²) < 4.78 is 30.7. The summed E-state index contributed by atoms with van der Waals surface area (Å²) in [7, 11) is 0. The van der Waals surface area contributed by atoms with E-state index in [1.165, 1.54) is 31.2 Å². The van der Waals surface area contributed by atoms with Gasteiger partial charge in [0.2, 0.25) is 0 Å². The van der Waals surface area contributed by atoms with Crippen molar-refractivity contribution in [2.24, 2.45) is 0 Å². The van der Waals surface area contributed by atoms with Gasteiger partial charge >= 0.3 is 0 Å². The lowest BCUT2D eigenvalue weighted by Gasteiger charge is -2.28. The summed E-state index contributed by atoms with van der Waals surface area (Å²) in [5.41, 5.74) is 0.590. The second-order valence-electron chi connectivity index (χ2n) is 9.01. The fourth-order valence-corrected chi connectivity index (χ4v) is 4.94. The number of nitrogens with zero attached hydrogens (tertiary/aromatic N) is 1. The van der Waals surface area contributed by atoms with Crippen molar-refractivity contribution in [2.45, 2.75) is 31.8 Å². The van der Waals surface area contributed by atoms with E-state index in [1.807, 2.05) is 6.07 Å². The number of piperazine rings is 2. The molecule has 7 nitrogen and oxygen atoms in total. The summed E-state index contributed by atoms with van der Waals surface area (Å²) >= 11 is 0. The van der Waals surface area contributed by atoms with Gasteiger partial charge in [0.1, 0.15) is 11.6 Å². The minimum atomic E-state index is -0.773. The van der Waals surface area contributed by atoms with Crippen LogP contribution in [0.4, 0.5) is 8.78 Å². The molecule has 3 unspecified atom stereocenters. The molecule has 0 bridgehead atoms. The summed E-state index contributed by atoms with van der Waals surface area (Å²) in [6, 6.07) is 6.38. The number of hydrogen-bond acceptors (Lipinski definition) is 7. The first-order valence-electron chi connectivity index (χ1n) is 11.8. The van der Waals surface area contributed by atoms with E-state index >= 15 is 4.39 Å². The van der Waals surface area contributed by atoms with Gasteiger partial charge in [-0.2, -0.15) is 5.26 Å². The minimum absolute atomic E-state index is 0.0497. The lowest BCUT2D eigenvalue weighted by molar-refractivity contribution is 0.0917. The second kappa shape index (κ2) is 10.7. The molecule has 0 aliphatic carbocycles. The predicted octanol–water partition coefficient (Wildman–Crippen LogP) is 1.78. The molecule has 0 radical (unpaired) electrons. The van der Waals surface area contributed by atoms with Crippen molar-refractivity contribution < 1.29 is 18.4 Å². The fraction of sp³-hybridized carbons (Fsp3) is 0.423. The molecular weight excluding hydrogens is 452 g/mol. The predicted molar refractivity (Wildman–Crippen MR) is 128 cm³/mol. The van der Waals surface area contributed by atoms with Crippen LogP contribution in [0.2, 0.25) is 0 Å². The number of nitrogens with one attached hydrogen (secondary N) is 4. The van der Waals surface area contributed by atoms with Crippen LogP contribution in [0.5, 0.6) is 0 Å². The molecule has 2 aromatic rings. The fourth-order valence-electron chi connectivity index (χ4n) is 4.94. The SMILES string of the molecule is Cc1c(F)c(C(=O)C2CNCCN2)cc(C(C)c2c(F)cccc2C#N)c1C(=O)C1CNCCN1. The van der Waals surface area contributed by atoms with Gasteiger partial charge in [-0.1, -0.05) is 13.0 Å². The molecule has 2 heterocycles. The van der Waals surface area contributed by atoms with Crippen LogP contribution in [0.1, 0.15) is 55.8 Å². The number of nitriles is 1. The van der Waals surface area contributed by atoms with Gasteiger partial charge in [0.25, 0.3) is 0 Å². The molecule has 9 heteroatoms. The van der Waals surface area contributed by atoms with Crippen LogP contribution in [-0.2, 0) is 0 Å². The molecule has 4 N–H and O–H groups in total. The number of ketones is 2. The van der Waals surface area contributed by atoms with Crippen molar-refractivity contribution in [2.75, 3.05) is 39.3 Å². The summed E-state index contributed by atoms with van der Waals surface area (Å²) in [4.78, 5) is 26.9. The van der Waals surface area contributed by atoms with Gasteiger partial charge in [0, 0.05) is 56.3 Å². The third-order valence-corrected chi connectivity index (χ3v) is 6.83. The van der Waals surface area contributed by atoms with Gasteiger partial charge in [-0.3, -0.25) is 9.59 Å². The molecule has 4 rings (SSSR count). The van der Waals surface area contributed by atoms with Crippen LogP contribution in [0.3, 0.4) is 0 Å². The van der Waals surface area contributed by atoms with Crippen molar-refractivity contribution in [3.05, 3.63) is 69.3 Å². The normalized spacial score (nSPS) is 21.2. The summed E-state index contributed by atoms with van der Waals surface area (Å²) in [6.45, 7) is 6.42. The van der Waals surface area contributed by atoms with E-state index < -0.39 is 35.4 Å². The zero-order valence-corrected chi connectivity index (χ0v) is 19.8. The minimum Gasteiger partial charge on any atom is -0.313 e. The van der Waals surface area contributed by atoms with E-state index in [0.717, 1.165) is 0 Å². The first kappa shape index (κ1) is 25.1. The quantitative estimate of drug-likeness (QED) is 0.466. The number of carbonyl (C=O) groups excluding carboxylic acids is 2. The molecule has 0 spiro atoms. The summed E-state index contributed by atoms with van der Waals surface area (Å²) in [6.07, 6.45) is 0. The molecule has 184 valence electrons. The Morgan fingerprint density at radius 2 is 1.66 bits per heavy atom. The van der Waals surface area contributed by atoms with Gasteiger partial charge < -0.3 is 21.3 Å². The highest BCUT2D eigenvalue weighted by atomic mass is 19.1. The molecular formula is C26H29F2N5O2. The van der Waals surface area contributed by atoms with Crippen LogP contribution in [0, 0.1) is 29.9 Å². The van der Waals surface area contributed by atoms with Crippen molar-refractivity contribution >= 4 is 11.6 Å². The van der Waals surface area contributed by atoms with E-state index in [1.54, 1.807) is 6.92 Å². The number of halogens is 2. The van der Waals surface area contributed by atoms with E-state index in [4.69, 9.17) is 0 Å². The maximum Gasteiger partial charge on any atom is 0.183 e. The molecule has 3 atom stereocenters. The lowest BCUT2D eigenvalue weighted by atomic mass is 9.80. The van der Waals surface area contributed by atoms with Crippen molar-refractivity contribution in [1.29, 1.82) is 5.26 Å². The van der Waals surface area contributed by atoms with E-state index in [0.29, 0.717) is 44.8 Å². The van der Waals surface area contributed by atoms with Gasteiger partial charge in [-0.15, -0.1) is 0 Å². The molecule has 0 amide bonds. The first-order chi connectivity index (χ1) is 16.8. The first-order valence-corrected chi connectivity index (χ1v) is 11.8. The van der Waals surface area contributed by atoms with Gasteiger partial charge in [0.05, 0.1) is 29.3 Å². The van der Waals surface area contributed by atoms with Gasteiger partial charge in [0.15, 0.2) is 11.6 Å². The molecule has 2 aliphatic heterocycles. The average molecular weight is 482 g/mol. The smallest absolute Gasteiger partial charge is 0.183 e. The van der Waals surface area contributed by atoms with Gasteiger partial charge in [-0.05, 0) is 36.2 Å². The molecule has 2 fully saturated rings. The number of benzene rings is 2. The number of Topliss-reactive ketones (excluding diaryl/α,β-unsaturated/α-hetero) is 2. The Morgan fingerprint density at radius 3 is 2.23 bits per heavy atom. The van der Waals surface area contributed by atoms with Crippen LogP contribution in [-0.4, -0.2) is 62.9 Å². The number of rotatable bonds is 6. The van der Waals surface area contributed by atoms with Crippen molar-refractivity contribution in [1.82, 2.24) is 21.3 Å². The van der Waals surface area contributed by atoms with E-state index in [2.05, 4.69) is 21.3 Å². The standard InChI is InChI=1S/C26H29F2N5O2/c1-14(22-16(11-29)4-3-5-19(22)27)17-10-18(25(34)20-12-30-6-8-32-20)24(28)15(2)23(17)26(35)21-13-31-7-9-33-21/h3-5,10,14,20-21,30-33H,6-9,12-13H2,1-2H3. The maximum absolute atomic E-state index is 15.7. The monoisotopic (exact) mass is 481 g/mol. The highest BCUT2D eigenvalue weighted by Gasteiger charge is 2.33. The van der Waals surface area contributed by atoms with E-state index in [9.17, 15) is 19.2 Å². The summed E-state index contributed by atoms with van der Waals surface area (Å²) in [5.74, 6) is -2.89. The van der Waals surface area contributed by atoms with Gasteiger partial charge in [-0.25, -0.2) is 8.78 Å². The highest BCUT2D eigenvalue weighted by molar-refractivity contribution is 6.06. The van der Waals surface area contributed by atoms with Crippen LogP contribution >= 0.6 is 0 Å². The Morgan fingerprint density at radius 1 is 1.03 bits per heavy atom. The number of carbonyl (C=O) groups is 2. The Kier molecular flexibility index (Phi) is 7.67. The second-order valence-corrected chi connectivity index (χ2v) is 9.01. The van der Waals surface area contributed by atoms with E-state index in [-0.39, 0.29) is 33.6 Å². The van der Waals surface area contributed by atoms with Crippen molar-refractivity contribution in [3.63, 3.8) is 0 Å². The maximum atomic E-state index is 15.7. The largest absolute Gasteiger partial charge is 0.313 e. The molecule has 0 aromatic heterocycles. The third kappa shape index (κ3) is 4.88. The lowest BCUT2D eigenvalue weighted by Crippen LogP contribution is -2.53. The molecule has 2 aromatic carbocycles. The molecule has 2 aliphatic rings. The topological polar surface area (TPSA) is 106 Å². The Hall–Kier alpha value is -3.03. The zero-order chi connectivity index (χ0) is 25.1. The molecule has 35 heavy (non-hydrogen) atoms. The zero-order valence-electron chi connectivity index (χ0n) is 19.8. The molecule has 2 saturated heterocycles. The summed E-state index contributed by atoms with van der Waals surface area (Å²) in [5, 5.41) is 22.1. The average Bonchev–Trinajstić information content (AvgIpc) is 2.89.